The largest absolute Gasteiger partial charge is 0.394 e. The lowest BCUT2D eigenvalue weighted by Gasteiger charge is -2.28. The Morgan fingerprint density at radius 1 is 1.00 bits per heavy atom. The Bertz CT molecular complexity index is 192. The molecule has 0 spiro atoms. The molecule has 0 aliphatic rings. The molecule has 0 radical (unpaired) electrons. The van der Waals surface area contributed by atoms with E-state index in [1.165, 1.54) is 0 Å². The van der Waals surface area contributed by atoms with E-state index in [1.54, 1.807) is 7.11 Å². The summed E-state index contributed by atoms with van der Waals surface area (Å²) in [6, 6.07) is 0. The Hall–Kier alpha value is -0.200. The van der Waals surface area contributed by atoms with Crippen LogP contribution < -0.4 is 5.32 Å². The van der Waals surface area contributed by atoms with Crippen LogP contribution in [0.5, 0.6) is 0 Å². The average Bonchev–Trinajstić information content (AvgIpc) is 2.41. The molecule has 0 aliphatic heterocycles. The van der Waals surface area contributed by atoms with Crippen molar-refractivity contribution >= 4 is 0 Å². The van der Waals surface area contributed by atoms with Crippen LogP contribution in [0.2, 0.25) is 0 Å². The summed E-state index contributed by atoms with van der Waals surface area (Å²) in [5, 5.41) is 12.6. The molecule has 5 nitrogen and oxygen atoms in total. The number of hydrogen-bond donors (Lipinski definition) is 2. The van der Waals surface area contributed by atoms with Gasteiger partial charge in [0.2, 0.25) is 0 Å². The van der Waals surface area contributed by atoms with Gasteiger partial charge in [-0.15, -0.1) is 0 Å². The molecule has 1 unspecified atom stereocenters. The van der Waals surface area contributed by atoms with Crippen LogP contribution >= 0.6 is 0 Å². The maximum Gasteiger partial charge on any atom is 0.0700 e. The number of ether oxygens (including phenoxy) is 3. The Balaban J connectivity index is 3.30. The summed E-state index contributed by atoms with van der Waals surface area (Å²) in [5.74, 6) is 0. The number of nitrogens with one attached hydrogen (secondary N) is 1. The van der Waals surface area contributed by atoms with Crippen LogP contribution in [-0.2, 0) is 14.2 Å². The van der Waals surface area contributed by atoms with Gasteiger partial charge in [0.05, 0.1) is 19.8 Å². The third kappa shape index (κ3) is 11.3. The molecule has 0 aromatic rings. The minimum absolute atomic E-state index is 0.156. The van der Waals surface area contributed by atoms with Gasteiger partial charge >= 0.3 is 0 Å². The molecule has 2 N–H and O–H groups in total. The highest BCUT2D eigenvalue weighted by Gasteiger charge is 2.20. The van der Waals surface area contributed by atoms with E-state index in [-0.39, 0.29) is 12.1 Å². The molecule has 0 fully saturated rings. The van der Waals surface area contributed by atoms with Crippen molar-refractivity contribution in [3.8, 4) is 0 Å². The van der Waals surface area contributed by atoms with Crippen LogP contribution in [0.1, 0.15) is 33.1 Å². The molecule has 0 saturated carbocycles. The Morgan fingerprint density at radius 3 is 2.16 bits per heavy atom. The van der Waals surface area contributed by atoms with Crippen LogP contribution in [0.25, 0.3) is 0 Å². The zero-order valence-corrected chi connectivity index (χ0v) is 12.7. The fourth-order valence-electron chi connectivity index (χ4n) is 1.84. The molecule has 0 amide bonds. The van der Waals surface area contributed by atoms with E-state index in [2.05, 4.69) is 5.32 Å². The monoisotopic (exact) mass is 277 g/mol. The van der Waals surface area contributed by atoms with E-state index in [9.17, 15) is 5.11 Å². The summed E-state index contributed by atoms with van der Waals surface area (Å²) in [6.45, 7) is 8.54. The average molecular weight is 277 g/mol. The number of hydrogen-bond acceptors (Lipinski definition) is 5. The molecule has 0 aliphatic carbocycles. The standard InChI is InChI=1S/C14H31NO4/c1-4-15-14(2,13-16)7-5-9-18-11-12-19-10-6-8-17-3/h15-16H,4-13H2,1-3H3. The zero-order valence-electron chi connectivity index (χ0n) is 12.7. The van der Waals surface area contributed by atoms with Crippen molar-refractivity contribution in [3.05, 3.63) is 0 Å². The minimum Gasteiger partial charge on any atom is -0.394 e. The molecule has 1 atom stereocenters. The number of likely N-dealkylation sites (N-methyl/N-ethyl adjacent to an activating group) is 1. The molecule has 0 bridgehead atoms. The predicted octanol–water partition coefficient (Wildman–Crippen LogP) is 1.20. The van der Waals surface area contributed by atoms with Crippen molar-refractivity contribution < 1.29 is 19.3 Å². The summed E-state index contributed by atoms with van der Waals surface area (Å²) in [5.41, 5.74) is -0.186. The van der Waals surface area contributed by atoms with Gasteiger partial charge in [-0.2, -0.15) is 0 Å². The third-order valence-electron chi connectivity index (χ3n) is 2.98. The van der Waals surface area contributed by atoms with Gasteiger partial charge in [-0.3, -0.25) is 0 Å². The Morgan fingerprint density at radius 2 is 1.63 bits per heavy atom. The van der Waals surface area contributed by atoms with Gasteiger partial charge in [0, 0.05) is 32.5 Å². The summed E-state index contributed by atoms with van der Waals surface area (Å²) < 4.78 is 15.8. The quantitative estimate of drug-likeness (QED) is 0.467. The highest BCUT2D eigenvalue weighted by molar-refractivity contribution is 4.81. The van der Waals surface area contributed by atoms with Crippen molar-refractivity contribution in [1.29, 1.82) is 0 Å². The minimum atomic E-state index is -0.186. The molecular weight excluding hydrogens is 246 g/mol. The lowest BCUT2D eigenvalue weighted by molar-refractivity contribution is 0.0360. The molecule has 19 heavy (non-hydrogen) atoms. The summed E-state index contributed by atoms with van der Waals surface area (Å²) in [6.07, 6.45) is 2.77. The van der Waals surface area contributed by atoms with Crippen molar-refractivity contribution in [1.82, 2.24) is 5.32 Å². The summed E-state index contributed by atoms with van der Waals surface area (Å²) in [4.78, 5) is 0. The molecule has 0 aromatic carbocycles. The van der Waals surface area contributed by atoms with Gasteiger partial charge in [0.1, 0.15) is 0 Å². The first-order valence-corrected chi connectivity index (χ1v) is 7.19. The SMILES string of the molecule is CCNC(C)(CO)CCCOCCOCCCOC. The van der Waals surface area contributed by atoms with Crippen LogP contribution in [0, 0.1) is 0 Å². The van der Waals surface area contributed by atoms with Crippen LogP contribution in [0.15, 0.2) is 0 Å². The number of methoxy groups -OCH3 is 1. The topological polar surface area (TPSA) is 60.0 Å². The van der Waals surface area contributed by atoms with Crippen LogP contribution in [-0.4, -0.2) is 63.9 Å². The highest BCUT2D eigenvalue weighted by Crippen LogP contribution is 2.11. The smallest absolute Gasteiger partial charge is 0.0700 e. The van der Waals surface area contributed by atoms with E-state index < -0.39 is 0 Å². The molecule has 0 aromatic heterocycles. The molecule has 0 rings (SSSR count). The first-order valence-electron chi connectivity index (χ1n) is 7.19. The lowest BCUT2D eigenvalue weighted by Crippen LogP contribution is -2.45. The van der Waals surface area contributed by atoms with Gasteiger partial charge in [0.25, 0.3) is 0 Å². The Kier molecular flexibility index (Phi) is 12.7. The molecule has 0 heterocycles. The van der Waals surface area contributed by atoms with Crippen molar-refractivity contribution in [3.63, 3.8) is 0 Å². The van der Waals surface area contributed by atoms with E-state index in [0.29, 0.717) is 19.8 Å². The van der Waals surface area contributed by atoms with Gasteiger partial charge in [-0.05, 0) is 32.7 Å². The van der Waals surface area contributed by atoms with Gasteiger partial charge in [-0.1, -0.05) is 6.92 Å². The second-order valence-corrected chi connectivity index (χ2v) is 4.92. The van der Waals surface area contributed by atoms with E-state index in [0.717, 1.165) is 39.0 Å². The van der Waals surface area contributed by atoms with Gasteiger partial charge in [0.15, 0.2) is 0 Å². The normalized spacial score (nSPS) is 14.5. The van der Waals surface area contributed by atoms with Crippen LogP contribution in [0.4, 0.5) is 0 Å². The lowest BCUT2D eigenvalue weighted by atomic mass is 9.97. The number of aliphatic hydroxyl groups is 1. The van der Waals surface area contributed by atoms with Crippen LogP contribution in [0.3, 0.4) is 0 Å². The second kappa shape index (κ2) is 12.8. The van der Waals surface area contributed by atoms with E-state index >= 15 is 0 Å². The fourth-order valence-corrected chi connectivity index (χ4v) is 1.84. The second-order valence-electron chi connectivity index (χ2n) is 4.92. The number of rotatable bonds is 14. The summed E-state index contributed by atoms with van der Waals surface area (Å²) >= 11 is 0. The van der Waals surface area contributed by atoms with Crippen molar-refractivity contribution in [2.45, 2.75) is 38.6 Å². The van der Waals surface area contributed by atoms with Crippen molar-refractivity contribution in [2.75, 3.05) is 53.3 Å². The maximum atomic E-state index is 9.33. The van der Waals surface area contributed by atoms with Gasteiger partial charge in [-0.25, -0.2) is 0 Å². The Labute approximate surface area is 117 Å². The van der Waals surface area contributed by atoms with Gasteiger partial charge < -0.3 is 24.6 Å². The first kappa shape index (κ1) is 18.8. The first-order chi connectivity index (χ1) is 9.18. The van der Waals surface area contributed by atoms with Crippen molar-refractivity contribution in [2.24, 2.45) is 0 Å². The number of aliphatic hydroxyl groups excluding tert-OH is 1. The summed E-state index contributed by atoms with van der Waals surface area (Å²) in [7, 11) is 1.69. The van der Waals surface area contributed by atoms with E-state index in [4.69, 9.17) is 14.2 Å². The molecule has 0 saturated heterocycles. The molecule has 5 heteroatoms. The highest BCUT2D eigenvalue weighted by atomic mass is 16.5. The predicted molar refractivity (Wildman–Crippen MR) is 76.5 cm³/mol. The maximum absolute atomic E-state index is 9.33. The molecular formula is C14H31NO4. The molecule has 116 valence electrons. The zero-order chi connectivity index (χ0) is 14.4. The van der Waals surface area contributed by atoms with E-state index in [1.807, 2.05) is 13.8 Å². The fraction of sp³-hybridized carbons (Fsp3) is 1.00. The third-order valence-corrected chi connectivity index (χ3v) is 2.98.